The van der Waals surface area contributed by atoms with E-state index in [4.69, 9.17) is 0 Å². The lowest BCUT2D eigenvalue weighted by atomic mass is 9.98. The first-order chi connectivity index (χ1) is 8.65. The van der Waals surface area contributed by atoms with E-state index in [9.17, 15) is 4.39 Å². The summed E-state index contributed by atoms with van der Waals surface area (Å²) in [6, 6.07) is 7.19. The highest BCUT2D eigenvalue weighted by molar-refractivity contribution is 5.17. The first-order valence-corrected chi connectivity index (χ1v) is 6.80. The van der Waals surface area contributed by atoms with Gasteiger partial charge in [0, 0.05) is 6.04 Å². The van der Waals surface area contributed by atoms with Gasteiger partial charge < -0.3 is 5.32 Å². The van der Waals surface area contributed by atoms with Crippen molar-refractivity contribution < 1.29 is 4.39 Å². The van der Waals surface area contributed by atoms with Gasteiger partial charge in [0.25, 0.3) is 0 Å². The molecule has 1 aromatic rings. The first-order valence-electron chi connectivity index (χ1n) is 6.80. The van der Waals surface area contributed by atoms with Gasteiger partial charge in [-0.2, -0.15) is 0 Å². The molecule has 0 fully saturated rings. The summed E-state index contributed by atoms with van der Waals surface area (Å²) >= 11 is 0. The quantitative estimate of drug-likeness (QED) is 0.684. The van der Waals surface area contributed by atoms with E-state index in [1.165, 1.54) is 23.3 Å². The maximum absolute atomic E-state index is 12.9. The van der Waals surface area contributed by atoms with Gasteiger partial charge in [-0.1, -0.05) is 38.1 Å². The van der Waals surface area contributed by atoms with Crippen molar-refractivity contribution in [3.63, 3.8) is 0 Å². The van der Waals surface area contributed by atoms with Crippen LogP contribution in [0.25, 0.3) is 0 Å². The minimum Gasteiger partial charge on any atom is -0.313 e. The van der Waals surface area contributed by atoms with E-state index in [2.05, 4.69) is 25.7 Å². The highest BCUT2D eigenvalue weighted by Crippen LogP contribution is 2.13. The second-order valence-corrected chi connectivity index (χ2v) is 4.79. The first kappa shape index (κ1) is 14.9. The Morgan fingerprint density at radius 3 is 2.50 bits per heavy atom. The standard InChI is InChI=1S/C16H24FN/c1-4-10-18-16(11-13(3)5-2)12-14-6-8-15(17)9-7-14/h6-9,16,18H,3-5,10-12H2,1-2H3. The topological polar surface area (TPSA) is 12.0 Å². The average molecular weight is 249 g/mol. The minimum atomic E-state index is -0.171. The normalized spacial score (nSPS) is 12.4. The number of benzene rings is 1. The van der Waals surface area contributed by atoms with Crippen molar-refractivity contribution in [3.05, 3.63) is 47.8 Å². The highest BCUT2D eigenvalue weighted by Gasteiger charge is 2.10. The van der Waals surface area contributed by atoms with Crippen LogP contribution in [0, 0.1) is 5.82 Å². The predicted molar refractivity (Wildman–Crippen MR) is 76.2 cm³/mol. The molecule has 0 saturated heterocycles. The SMILES string of the molecule is C=C(CC)CC(Cc1ccc(F)cc1)NCCC. The Morgan fingerprint density at radius 2 is 1.94 bits per heavy atom. The summed E-state index contributed by atoms with van der Waals surface area (Å²) in [4.78, 5) is 0. The molecule has 1 atom stereocenters. The zero-order valence-corrected chi connectivity index (χ0v) is 11.5. The van der Waals surface area contributed by atoms with E-state index >= 15 is 0 Å². The number of hydrogen-bond donors (Lipinski definition) is 1. The molecule has 100 valence electrons. The second-order valence-electron chi connectivity index (χ2n) is 4.79. The van der Waals surface area contributed by atoms with Gasteiger partial charge >= 0.3 is 0 Å². The molecule has 0 bridgehead atoms. The maximum Gasteiger partial charge on any atom is 0.123 e. The number of hydrogen-bond acceptors (Lipinski definition) is 1. The largest absolute Gasteiger partial charge is 0.313 e. The molecule has 0 saturated carbocycles. The number of halogens is 1. The third kappa shape index (κ3) is 5.46. The molecule has 1 N–H and O–H groups in total. The van der Waals surface area contributed by atoms with Gasteiger partial charge in [0.15, 0.2) is 0 Å². The average Bonchev–Trinajstić information content (AvgIpc) is 2.38. The highest BCUT2D eigenvalue weighted by atomic mass is 19.1. The van der Waals surface area contributed by atoms with Crippen LogP contribution in [0.2, 0.25) is 0 Å². The minimum absolute atomic E-state index is 0.171. The summed E-state index contributed by atoms with van der Waals surface area (Å²) in [6.07, 6.45) is 4.07. The molecule has 0 aliphatic rings. The third-order valence-corrected chi connectivity index (χ3v) is 3.11. The zero-order valence-electron chi connectivity index (χ0n) is 11.5. The van der Waals surface area contributed by atoms with Crippen LogP contribution >= 0.6 is 0 Å². The van der Waals surface area contributed by atoms with Crippen LogP contribution in [0.3, 0.4) is 0 Å². The summed E-state index contributed by atoms with van der Waals surface area (Å²) in [5.41, 5.74) is 2.44. The summed E-state index contributed by atoms with van der Waals surface area (Å²) in [7, 11) is 0. The van der Waals surface area contributed by atoms with E-state index in [1.54, 1.807) is 0 Å². The van der Waals surface area contributed by atoms with Crippen LogP contribution in [-0.4, -0.2) is 12.6 Å². The van der Waals surface area contributed by atoms with Gasteiger partial charge in [0.1, 0.15) is 5.82 Å². The van der Waals surface area contributed by atoms with Crippen LogP contribution in [0.15, 0.2) is 36.4 Å². The van der Waals surface area contributed by atoms with E-state index in [1.807, 2.05) is 12.1 Å². The lowest BCUT2D eigenvalue weighted by Gasteiger charge is -2.19. The van der Waals surface area contributed by atoms with Crippen molar-refractivity contribution in [1.29, 1.82) is 0 Å². The summed E-state index contributed by atoms with van der Waals surface area (Å²) < 4.78 is 12.9. The van der Waals surface area contributed by atoms with Crippen LogP contribution in [0.4, 0.5) is 4.39 Å². The van der Waals surface area contributed by atoms with E-state index in [0.717, 1.165) is 32.2 Å². The summed E-state index contributed by atoms with van der Waals surface area (Å²) in [6.45, 7) is 9.39. The Morgan fingerprint density at radius 1 is 1.28 bits per heavy atom. The third-order valence-electron chi connectivity index (χ3n) is 3.11. The smallest absolute Gasteiger partial charge is 0.123 e. The van der Waals surface area contributed by atoms with Crippen LogP contribution < -0.4 is 5.32 Å². The molecule has 0 aliphatic carbocycles. The molecular weight excluding hydrogens is 225 g/mol. The molecule has 1 nitrogen and oxygen atoms in total. The summed E-state index contributed by atoms with van der Waals surface area (Å²) in [5, 5.41) is 3.54. The van der Waals surface area contributed by atoms with Crippen molar-refractivity contribution in [3.8, 4) is 0 Å². The Hall–Kier alpha value is -1.15. The van der Waals surface area contributed by atoms with Crippen molar-refractivity contribution in [2.24, 2.45) is 0 Å². The lowest BCUT2D eigenvalue weighted by Crippen LogP contribution is -2.32. The lowest BCUT2D eigenvalue weighted by molar-refractivity contribution is 0.499. The fraction of sp³-hybridized carbons (Fsp3) is 0.500. The molecule has 0 spiro atoms. The number of rotatable bonds is 8. The Balaban J connectivity index is 2.59. The van der Waals surface area contributed by atoms with Gasteiger partial charge in [0.05, 0.1) is 0 Å². The molecule has 1 rings (SSSR count). The molecule has 2 heteroatoms. The Kier molecular flexibility index (Phi) is 6.66. The van der Waals surface area contributed by atoms with Gasteiger partial charge in [-0.25, -0.2) is 4.39 Å². The van der Waals surface area contributed by atoms with Crippen molar-refractivity contribution >= 4 is 0 Å². The van der Waals surface area contributed by atoms with E-state index in [0.29, 0.717) is 6.04 Å². The molecule has 0 heterocycles. The van der Waals surface area contributed by atoms with E-state index in [-0.39, 0.29) is 5.82 Å². The van der Waals surface area contributed by atoms with Gasteiger partial charge in [-0.05, 0) is 49.9 Å². The molecule has 0 aliphatic heterocycles. The summed E-state index contributed by atoms with van der Waals surface area (Å²) in [5.74, 6) is -0.171. The number of nitrogens with one attached hydrogen (secondary N) is 1. The molecule has 0 amide bonds. The fourth-order valence-corrected chi connectivity index (χ4v) is 1.96. The molecule has 0 radical (unpaired) electrons. The van der Waals surface area contributed by atoms with Crippen molar-refractivity contribution in [2.75, 3.05) is 6.54 Å². The second kappa shape index (κ2) is 8.04. The van der Waals surface area contributed by atoms with Crippen molar-refractivity contribution in [1.82, 2.24) is 5.32 Å². The van der Waals surface area contributed by atoms with Crippen molar-refractivity contribution in [2.45, 2.75) is 45.6 Å². The van der Waals surface area contributed by atoms with Gasteiger partial charge in [-0.3, -0.25) is 0 Å². The van der Waals surface area contributed by atoms with Gasteiger partial charge in [0.2, 0.25) is 0 Å². The molecule has 1 unspecified atom stereocenters. The molecular formula is C16H24FN. The van der Waals surface area contributed by atoms with Crippen LogP contribution in [-0.2, 0) is 6.42 Å². The van der Waals surface area contributed by atoms with Crippen LogP contribution in [0.1, 0.15) is 38.7 Å². The maximum atomic E-state index is 12.9. The van der Waals surface area contributed by atoms with Gasteiger partial charge in [-0.15, -0.1) is 0 Å². The fourth-order valence-electron chi connectivity index (χ4n) is 1.96. The molecule has 18 heavy (non-hydrogen) atoms. The predicted octanol–water partition coefficient (Wildman–Crippen LogP) is 4.09. The zero-order chi connectivity index (χ0) is 13.4. The molecule has 0 aromatic heterocycles. The molecule has 1 aromatic carbocycles. The Bertz CT molecular complexity index is 356. The monoisotopic (exact) mass is 249 g/mol. The Labute approximate surface area is 110 Å². The van der Waals surface area contributed by atoms with Crippen LogP contribution in [0.5, 0.6) is 0 Å². The van der Waals surface area contributed by atoms with E-state index < -0.39 is 0 Å².